The van der Waals surface area contributed by atoms with Gasteiger partial charge in [0.1, 0.15) is 4.60 Å². The van der Waals surface area contributed by atoms with Gasteiger partial charge in [-0.1, -0.05) is 15.9 Å². The number of rotatable bonds is 2. The van der Waals surface area contributed by atoms with Crippen molar-refractivity contribution in [2.45, 2.75) is 6.92 Å². The van der Waals surface area contributed by atoms with Crippen molar-refractivity contribution in [3.05, 3.63) is 54.2 Å². The molecule has 1 amide bonds. The predicted octanol–water partition coefficient (Wildman–Crippen LogP) is 4.77. The minimum atomic E-state index is -0.141. The van der Waals surface area contributed by atoms with E-state index < -0.39 is 0 Å². The average molecular weight is 496 g/mol. The van der Waals surface area contributed by atoms with E-state index in [0.717, 1.165) is 18.3 Å². The zero-order chi connectivity index (χ0) is 14.0. The zero-order valence-corrected chi connectivity index (χ0v) is 15.2. The third-order valence-electron chi connectivity index (χ3n) is 2.47. The molecular formula is C13H9Br2IN2O. The SMILES string of the molecule is Cc1nc(Br)ccc1NC(=O)c1cc(Br)ccc1I. The van der Waals surface area contributed by atoms with Crippen molar-refractivity contribution < 1.29 is 4.79 Å². The molecule has 0 aliphatic rings. The summed E-state index contributed by atoms with van der Waals surface area (Å²) in [5.41, 5.74) is 2.12. The molecule has 0 spiro atoms. The molecule has 0 atom stereocenters. The van der Waals surface area contributed by atoms with Gasteiger partial charge in [0.15, 0.2) is 0 Å². The first kappa shape index (κ1) is 14.9. The number of halogens is 3. The second kappa shape index (κ2) is 6.32. The summed E-state index contributed by atoms with van der Waals surface area (Å²) in [6.45, 7) is 1.85. The monoisotopic (exact) mass is 494 g/mol. The van der Waals surface area contributed by atoms with Crippen LogP contribution < -0.4 is 5.32 Å². The Morgan fingerprint density at radius 1 is 1.26 bits per heavy atom. The molecule has 0 saturated heterocycles. The van der Waals surface area contributed by atoms with E-state index in [-0.39, 0.29) is 5.91 Å². The van der Waals surface area contributed by atoms with E-state index in [2.05, 4.69) is 64.8 Å². The maximum atomic E-state index is 12.2. The van der Waals surface area contributed by atoms with Crippen LogP contribution in [0.1, 0.15) is 16.1 Å². The Labute approximate surface area is 141 Å². The number of benzene rings is 1. The van der Waals surface area contributed by atoms with Gasteiger partial charge in [0.25, 0.3) is 5.91 Å². The van der Waals surface area contributed by atoms with Crippen molar-refractivity contribution in [3.8, 4) is 0 Å². The molecule has 98 valence electrons. The maximum absolute atomic E-state index is 12.2. The molecule has 1 N–H and O–H groups in total. The molecule has 0 saturated carbocycles. The fourth-order valence-electron chi connectivity index (χ4n) is 1.52. The van der Waals surface area contributed by atoms with E-state index in [1.807, 2.05) is 25.1 Å². The van der Waals surface area contributed by atoms with Crippen molar-refractivity contribution in [2.75, 3.05) is 5.32 Å². The summed E-state index contributed by atoms with van der Waals surface area (Å²) in [6, 6.07) is 9.24. The van der Waals surface area contributed by atoms with Crippen LogP contribution in [0.2, 0.25) is 0 Å². The summed E-state index contributed by atoms with van der Waals surface area (Å²) in [6.07, 6.45) is 0. The number of anilines is 1. The van der Waals surface area contributed by atoms with Crippen molar-refractivity contribution in [2.24, 2.45) is 0 Å². The normalized spacial score (nSPS) is 10.3. The van der Waals surface area contributed by atoms with Crippen LogP contribution in [0.3, 0.4) is 0 Å². The molecule has 2 aromatic rings. The van der Waals surface area contributed by atoms with E-state index in [0.29, 0.717) is 11.3 Å². The first-order valence-corrected chi connectivity index (χ1v) is 8.03. The smallest absolute Gasteiger partial charge is 0.256 e. The Hall–Kier alpha value is -0.470. The number of carbonyl (C=O) groups excluding carboxylic acids is 1. The molecule has 1 heterocycles. The number of nitrogens with one attached hydrogen (secondary N) is 1. The predicted molar refractivity (Wildman–Crippen MR) is 91.5 cm³/mol. The van der Waals surface area contributed by atoms with Crippen molar-refractivity contribution in [1.29, 1.82) is 0 Å². The van der Waals surface area contributed by atoms with E-state index >= 15 is 0 Å². The molecule has 0 bridgehead atoms. The standard InChI is InChI=1S/C13H9Br2IN2O/c1-7-11(4-5-12(15)17-7)18-13(19)9-6-8(14)2-3-10(9)16/h2-6H,1H3,(H,18,19). The lowest BCUT2D eigenvalue weighted by molar-refractivity contribution is 0.102. The minimum absolute atomic E-state index is 0.141. The molecule has 0 radical (unpaired) electrons. The molecule has 0 fully saturated rings. The number of carbonyl (C=O) groups is 1. The highest BCUT2D eigenvalue weighted by atomic mass is 127. The molecule has 2 rings (SSSR count). The number of hydrogen-bond donors (Lipinski definition) is 1. The Kier molecular flexibility index (Phi) is 4.97. The highest BCUT2D eigenvalue weighted by Crippen LogP contribution is 2.21. The molecule has 3 nitrogen and oxygen atoms in total. The molecule has 0 unspecified atom stereocenters. The third-order valence-corrected chi connectivity index (χ3v) is 4.35. The van der Waals surface area contributed by atoms with Crippen molar-refractivity contribution in [1.82, 2.24) is 4.98 Å². The molecular weight excluding hydrogens is 487 g/mol. The summed E-state index contributed by atoms with van der Waals surface area (Å²) in [5.74, 6) is -0.141. The lowest BCUT2D eigenvalue weighted by Gasteiger charge is -2.09. The number of aromatic nitrogens is 1. The van der Waals surface area contributed by atoms with E-state index in [1.165, 1.54) is 0 Å². The van der Waals surface area contributed by atoms with Gasteiger partial charge < -0.3 is 5.32 Å². The first-order valence-electron chi connectivity index (χ1n) is 5.37. The van der Waals surface area contributed by atoms with Gasteiger partial charge in [-0.05, 0) is 75.8 Å². The Balaban J connectivity index is 2.28. The molecule has 0 aliphatic carbocycles. The summed E-state index contributed by atoms with van der Waals surface area (Å²) in [7, 11) is 0. The van der Waals surface area contributed by atoms with Crippen molar-refractivity contribution >= 4 is 66.0 Å². The van der Waals surface area contributed by atoms with Gasteiger partial charge in [0.05, 0.1) is 16.9 Å². The van der Waals surface area contributed by atoms with Crippen LogP contribution in [0, 0.1) is 10.5 Å². The van der Waals surface area contributed by atoms with E-state index in [4.69, 9.17) is 0 Å². The second-order valence-electron chi connectivity index (χ2n) is 3.85. The first-order chi connectivity index (χ1) is 8.97. The highest BCUT2D eigenvalue weighted by molar-refractivity contribution is 14.1. The van der Waals surface area contributed by atoms with Crippen LogP contribution in [0.5, 0.6) is 0 Å². The van der Waals surface area contributed by atoms with Crippen molar-refractivity contribution in [3.63, 3.8) is 0 Å². The molecule has 6 heteroatoms. The summed E-state index contributed by atoms with van der Waals surface area (Å²) in [5, 5.41) is 2.87. The number of aryl methyl sites for hydroxylation is 1. The van der Waals surface area contributed by atoms with Crippen LogP contribution in [-0.2, 0) is 0 Å². The lowest BCUT2D eigenvalue weighted by atomic mass is 10.2. The van der Waals surface area contributed by atoms with Crippen LogP contribution in [0.25, 0.3) is 0 Å². The third kappa shape index (κ3) is 3.76. The summed E-state index contributed by atoms with van der Waals surface area (Å²) < 4.78 is 2.53. The molecule has 1 aromatic carbocycles. The number of hydrogen-bond acceptors (Lipinski definition) is 2. The van der Waals surface area contributed by atoms with Crippen LogP contribution in [0.4, 0.5) is 5.69 Å². The van der Waals surface area contributed by atoms with Gasteiger partial charge in [-0.3, -0.25) is 4.79 Å². The summed E-state index contributed by atoms with van der Waals surface area (Å²) in [4.78, 5) is 16.5. The fourth-order valence-corrected chi connectivity index (χ4v) is 2.86. The van der Waals surface area contributed by atoms with Gasteiger partial charge in [0, 0.05) is 8.04 Å². The number of amides is 1. The zero-order valence-electron chi connectivity index (χ0n) is 9.88. The van der Waals surface area contributed by atoms with E-state index in [1.54, 1.807) is 12.1 Å². The molecule has 1 aromatic heterocycles. The van der Waals surface area contributed by atoms with Gasteiger partial charge >= 0.3 is 0 Å². The lowest BCUT2D eigenvalue weighted by Crippen LogP contribution is -2.14. The quantitative estimate of drug-likeness (QED) is 0.481. The minimum Gasteiger partial charge on any atom is -0.320 e. The fraction of sp³-hybridized carbons (Fsp3) is 0.0769. The number of pyridine rings is 1. The van der Waals surface area contributed by atoms with Crippen LogP contribution in [0.15, 0.2) is 39.4 Å². The van der Waals surface area contributed by atoms with Gasteiger partial charge in [0.2, 0.25) is 0 Å². The van der Waals surface area contributed by atoms with E-state index in [9.17, 15) is 4.79 Å². The van der Waals surface area contributed by atoms with Crippen LogP contribution in [-0.4, -0.2) is 10.9 Å². The van der Waals surface area contributed by atoms with Gasteiger partial charge in [-0.25, -0.2) is 4.98 Å². The molecule has 0 aliphatic heterocycles. The Morgan fingerprint density at radius 2 is 2.00 bits per heavy atom. The second-order valence-corrected chi connectivity index (χ2v) is 6.74. The largest absolute Gasteiger partial charge is 0.320 e. The Bertz CT molecular complexity index is 647. The molecule has 19 heavy (non-hydrogen) atoms. The van der Waals surface area contributed by atoms with Gasteiger partial charge in [-0.15, -0.1) is 0 Å². The maximum Gasteiger partial charge on any atom is 0.256 e. The average Bonchev–Trinajstić information content (AvgIpc) is 2.35. The Morgan fingerprint density at radius 3 is 2.68 bits per heavy atom. The van der Waals surface area contributed by atoms with Crippen LogP contribution >= 0.6 is 54.5 Å². The summed E-state index contributed by atoms with van der Waals surface area (Å²) >= 11 is 8.81. The topological polar surface area (TPSA) is 42.0 Å². The number of nitrogens with zero attached hydrogens (tertiary/aromatic N) is 1. The highest BCUT2D eigenvalue weighted by Gasteiger charge is 2.12. The van der Waals surface area contributed by atoms with Gasteiger partial charge in [-0.2, -0.15) is 0 Å².